The number of carboxylic acids is 1. The molecule has 1 aliphatic carbocycles. The molecule has 116 valence electrons. The fourth-order valence-electron chi connectivity index (χ4n) is 4.45. The van der Waals surface area contributed by atoms with Gasteiger partial charge in [0.25, 0.3) is 0 Å². The Morgan fingerprint density at radius 3 is 2.30 bits per heavy atom. The zero-order chi connectivity index (χ0) is 15.0. The molecule has 0 radical (unpaired) electrons. The molecule has 1 aliphatic heterocycles. The lowest BCUT2D eigenvalue weighted by atomic mass is 9.71. The van der Waals surface area contributed by atoms with Crippen molar-refractivity contribution in [3.05, 3.63) is 0 Å². The minimum absolute atomic E-state index is 0.393. The molecule has 0 spiro atoms. The fourth-order valence-corrected chi connectivity index (χ4v) is 4.45. The highest BCUT2D eigenvalue weighted by molar-refractivity contribution is 5.79. The van der Waals surface area contributed by atoms with E-state index in [4.69, 9.17) is 0 Å². The van der Waals surface area contributed by atoms with Crippen molar-refractivity contribution in [3.8, 4) is 0 Å². The number of nitrogens with zero attached hydrogens (tertiary/aromatic N) is 1. The highest BCUT2D eigenvalue weighted by Crippen LogP contribution is 2.43. The Kier molecular flexibility index (Phi) is 4.48. The molecule has 1 heterocycles. The quantitative estimate of drug-likeness (QED) is 0.852. The van der Waals surface area contributed by atoms with Crippen LogP contribution in [0.2, 0.25) is 0 Å². The minimum atomic E-state index is -0.601. The van der Waals surface area contributed by atoms with Crippen LogP contribution in [0.1, 0.15) is 72.6 Å². The molecule has 1 N–H and O–H groups in total. The van der Waals surface area contributed by atoms with Crippen LogP contribution in [0.25, 0.3) is 0 Å². The Balaban J connectivity index is 2.05. The van der Waals surface area contributed by atoms with Gasteiger partial charge in [0.1, 0.15) is 5.54 Å². The van der Waals surface area contributed by atoms with E-state index in [1.54, 1.807) is 0 Å². The molecular weight excluding hydrogens is 250 g/mol. The average molecular weight is 281 g/mol. The van der Waals surface area contributed by atoms with E-state index >= 15 is 0 Å². The van der Waals surface area contributed by atoms with Gasteiger partial charge in [0.05, 0.1) is 0 Å². The standard InChI is InChI=1S/C17H31NO2/c1-5-17(15(19)20)11-6-12-18(17)14-9-7-13(8-10-14)16(2,3)4/h13-14H,5-12H2,1-4H3,(H,19,20). The summed E-state index contributed by atoms with van der Waals surface area (Å²) in [5, 5.41) is 9.70. The summed E-state index contributed by atoms with van der Waals surface area (Å²) in [6, 6.07) is 0.493. The van der Waals surface area contributed by atoms with E-state index in [1.807, 2.05) is 6.92 Å². The fraction of sp³-hybridized carbons (Fsp3) is 0.941. The SMILES string of the molecule is CCC1(C(=O)O)CCCN1C1CCC(C(C)(C)C)CC1. The third-order valence-electron chi connectivity index (χ3n) is 5.88. The summed E-state index contributed by atoms with van der Waals surface area (Å²) >= 11 is 0. The summed E-state index contributed by atoms with van der Waals surface area (Å²) in [6.07, 6.45) is 7.47. The molecule has 0 aromatic rings. The summed E-state index contributed by atoms with van der Waals surface area (Å²) < 4.78 is 0. The number of rotatable bonds is 3. The van der Waals surface area contributed by atoms with E-state index in [0.717, 1.165) is 31.7 Å². The molecule has 1 saturated heterocycles. The van der Waals surface area contributed by atoms with Crippen molar-refractivity contribution in [3.63, 3.8) is 0 Å². The predicted molar refractivity (Wildman–Crippen MR) is 81.8 cm³/mol. The number of aliphatic carboxylic acids is 1. The summed E-state index contributed by atoms with van der Waals surface area (Å²) in [6.45, 7) is 10.0. The van der Waals surface area contributed by atoms with Crippen LogP contribution in [0.15, 0.2) is 0 Å². The maximum Gasteiger partial charge on any atom is 0.324 e. The maximum absolute atomic E-state index is 11.8. The lowest BCUT2D eigenvalue weighted by Crippen LogP contribution is -2.55. The topological polar surface area (TPSA) is 40.5 Å². The Morgan fingerprint density at radius 2 is 1.85 bits per heavy atom. The number of carboxylic acid groups (broad SMARTS) is 1. The van der Waals surface area contributed by atoms with Crippen LogP contribution in [0.3, 0.4) is 0 Å². The molecule has 2 rings (SSSR count). The van der Waals surface area contributed by atoms with Crippen molar-refractivity contribution in [1.82, 2.24) is 4.90 Å². The highest BCUT2D eigenvalue weighted by Gasteiger charge is 2.49. The van der Waals surface area contributed by atoms with Crippen molar-refractivity contribution in [2.45, 2.75) is 84.2 Å². The largest absolute Gasteiger partial charge is 0.480 e. The summed E-state index contributed by atoms with van der Waals surface area (Å²) in [7, 11) is 0. The van der Waals surface area contributed by atoms with Gasteiger partial charge in [0.15, 0.2) is 0 Å². The van der Waals surface area contributed by atoms with E-state index in [9.17, 15) is 9.90 Å². The molecule has 2 fully saturated rings. The first kappa shape index (κ1) is 15.8. The number of hydrogen-bond donors (Lipinski definition) is 1. The van der Waals surface area contributed by atoms with E-state index in [0.29, 0.717) is 11.5 Å². The van der Waals surface area contributed by atoms with Crippen LogP contribution in [0.4, 0.5) is 0 Å². The maximum atomic E-state index is 11.8. The van der Waals surface area contributed by atoms with Gasteiger partial charge in [-0.3, -0.25) is 9.69 Å². The van der Waals surface area contributed by atoms with Crippen LogP contribution in [0, 0.1) is 11.3 Å². The lowest BCUT2D eigenvalue weighted by Gasteiger charge is -2.44. The molecule has 0 amide bonds. The van der Waals surface area contributed by atoms with Gasteiger partial charge in [0, 0.05) is 6.04 Å². The number of hydrogen-bond acceptors (Lipinski definition) is 2. The molecule has 0 aromatic carbocycles. The van der Waals surface area contributed by atoms with E-state index in [2.05, 4.69) is 25.7 Å². The predicted octanol–water partition coefficient (Wildman–Crippen LogP) is 3.92. The molecule has 0 aromatic heterocycles. The highest BCUT2D eigenvalue weighted by atomic mass is 16.4. The summed E-state index contributed by atoms with van der Waals surface area (Å²) in [5.41, 5.74) is -0.177. The molecule has 20 heavy (non-hydrogen) atoms. The van der Waals surface area contributed by atoms with Crippen LogP contribution in [-0.2, 0) is 4.79 Å². The molecule has 0 bridgehead atoms. The first-order valence-electron chi connectivity index (χ1n) is 8.31. The van der Waals surface area contributed by atoms with Gasteiger partial charge < -0.3 is 5.11 Å². The van der Waals surface area contributed by atoms with E-state index in [-0.39, 0.29) is 0 Å². The van der Waals surface area contributed by atoms with Crippen LogP contribution < -0.4 is 0 Å². The van der Waals surface area contributed by atoms with Crippen molar-refractivity contribution in [2.75, 3.05) is 6.54 Å². The Hall–Kier alpha value is -0.570. The van der Waals surface area contributed by atoms with Crippen LogP contribution in [0.5, 0.6) is 0 Å². The minimum Gasteiger partial charge on any atom is -0.480 e. The molecule has 1 saturated carbocycles. The second-order valence-corrected chi connectivity index (χ2v) is 7.86. The molecule has 3 nitrogen and oxygen atoms in total. The second kappa shape index (κ2) is 5.67. The Morgan fingerprint density at radius 1 is 1.25 bits per heavy atom. The van der Waals surface area contributed by atoms with Gasteiger partial charge in [-0.2, -0.15) is 0 Å². The zero-order valence-electron chi connectivity index (χ0n) is 13.6. The van der Waals surface area contributed by atoms with Crippen LogP contribution >= 0.6 is 0 Å². The third-order valence-corrected chi connectivity index (χ3v) is 5.88. The van der Waals surface area contributed by atoms with Crippen molar-refractivity contribution in [1.29, 1.82) is 0 Å². The smallest absolute Gasteiger partial charge is 0.324 e. The normalized spacial score (nSPS) is 36.2. The number of likely N-dealkylation sites (tertiary alicyclic amines) is 1. The first-order valence-corrected chi connectivity index (χ1v) is 8.31. The van der Waals surface area contributed by atoms with Gasteiger partial charge in [-0.1, -0.05) is 27.7 Å². The van der Waals surface area contributed by atoms with Crippen molar-refractivity contribution in [2.24, 2.45) is 11.3 Å². The summed E-state index contributed by atoms with van der Waals surface area (Å²) in [5.74, 6) is 0.192. The molecular formula is C17H31NO2. The Labute approximate surface area is 123 Å². The number of carbonyl (C=O) groups is 1. The van der Waals surface area contributed by atoms with Gasteiger partial charge in [-0.25, -0.2) is 0 Å². The monoisotopic (exact) mass is 281 g/mol. The van der Waals surface area contributed by atoms with Gasteiger partial charge >= 0.3 is 5.97 Å². The van der Waals surface area contributed by atoms with Gasteiger partial charge in [-0.15, -0.1) is 0 Å². The zero-order valence-corrected chi connectivity index (χ0v) is 13.6. The molecule has 1 unspecified atom stereocenters. The van der Waals surface area contributed by atoms with Crippen molar-refractivity contribution >= 4 is 5.97 Å². The summed E-state index contributed by atoms with van der Waals surface area (Å²) in [4.78, 5) is 14.1. The molecule has 1 atom stereocenters. The Bertz CT molecular complexity index is 352. The molecule has 3 heteroatoms. The van der Waals surface area contributed by atoms with Crippen LogP contribution in [-0.4, -0.2) is 34.1 Å². The first-order chi connectivity index (χ1) is 9.31. The van der Waals surface area contributed by atoms with E-state index < -0.39 is 11.5 Å². The lowest BCUT2D eigenvalue weighted by molar-refractivity contribution is -0.152. The molecule has 2 aliphatic rings. The average Bonchev–Trinajstić information content (AvgIpc) is 2.83. The van der Waals surface area contributed by atoms with Gasteiger partial charge in [-0.05, 0) is 62.8 Å². The van der Waals surface area contributed by atoms with E-state index in [1.165, 1.54) is 25.7 Å². The third kappa shape index (κ3) is 2.74. The van der Waals surface area contributed by atoms with Crippen molar-refractivity contribution < 1.29 is 9.90 Å². The second-order valence-electron chi connectivity index (χ2n) is 7.86. The van der Waals surface area contributed by atoms with Gasteiger partial charge in [0.2, 0.25) is 0 Å².